The van der Waals surface area contributed by atoms with Crippen LogP contribution in [0.2, 0.25) is 5.02 Å². The van der Waals surface area contributed by atoms with Crippen LogP contribution in [0.1, 0.15) is 11.3 Å². The number of halogens is 2. The Hall–Kier alpha value is -0.780. The first-order valence-electron chi connectivity index (χ1n) is 4.83. The van der Waals surface area contributed by atoms with Gasteiger partial charge < -0.3 is 10.5 Å². The highest BCUT2D eigenvalue weighted by atomic mass is 79.9. The van der Waals surface area contributed by atoms with Crippen LogP contribution in [-0.2, 0) is 6.42 Å². The molecule has 0 atom stereocenters. The van der Waals surface area contributed by atoms with E-state index in [2.05, 4.69) is 20.9 Å². The molecule has 1 aromatic carbocycles. The molecule has 0 spiro atoms. The van der Waals surface area contributed by atoms with E-state index in [0.717, 1.165) is 20.8 Å². The number of rotatable bonds is 3. The number of hydrogen-bond acceptors (Lipinski definition) is 4. The Morgan fingerprint density at radius 2 is 2.29 bits per heavy atom. The van der Waals surface area contributed by atoms with Crippen molar-refractivity contribution in [2.45, 2.75) is 6.42 Å². The Kier molecular flexibility index (Phi) is 3.91. The highest BCUT2D eigenvalue weighted by Crippen LogP contribution is 2.31. The maximum atomic E-state index is 5.98. The van der Waals surface area contributed by atoms with E-state index in [-0.39, 0.29) is 0 Å². The van der Waals surface area contributed by atoms with Crippen LogP contribution in [0.3, 0.4) is 0 Å². The van der Waals surface area contributed by atoms with Gasteiger partial charge in [0.1, 0.15) is 5.75 Å². The fourth-order valence-electron chi connectivity index (χ4n) is 1.53. The van der Waals surface area contributed by atoms with Crippen molar-refractivity contribution in [1.29, 1.82) is 0 Å². The first kappa shape index (κ1) is 12.7. The van der Waals surface area contributed by atoms with Gasteiger partial charge >= 0.3 is 0 Å². The molecule has 0 aliphatic carbocycles. The first-order valence-corrected chi connectivity index (χ1v) is 6.82. The van der Waals surface area contributed by atoms with E-state index < -0.39 is 0 Å². The minimum atomic E-state index is 0.549. The molecule has 1 heterocycles. The third kappa shape index (κ3) is 2.91. The van der Waals surface area contributed by atoms with Gasteiger partial charge in [-0.15, -0.1) is 0 Å². The van der Waals surface area contributed by atoms with Gasteiger partial charge in [0.25, 0.3) is 0 Å². The van der Waals surface area contributed by atoms with Crippen molar-refractivity contribution in [2.24, 2.45) is 0 Å². The molecule has 0 aliphatic heterocycles. The van der Waals surface area contributed by atoms with E-state index in [4.69, 9.17) is 22.1 Å². The van der Waals surface area contributed by atoms with Crippen molar-refractivity contribution in [3.05, 3.63) is 38.3 Å². The summed E-state index contributed by atoms with van der Waals surface area (Å²) in [7, 11) is 1.64. The normalized spacial score (nSPS) is 10.5. The third-order valence-electron chi connectivity index (χ3n) is 2.27. The summed E-state index contributed by atoms with van der Waals surface area (Å²) in [6.07, 6.45) is 0.637. The van der Waals surface area contributed by atoms with Crippen molar-refractivity contribution in [3.63, 3.8) is 0 Å². The molecule has 0 aliphatic rings. The molecule has 0 radical (unpaired) electrons. The average Bonchev–Trinajstić information content (AvgIpc) is 2.58. The van der Waals surface area contributed by atoms with E-state index in [1.54, 1.807) is 13.2 Å². The number of ether oxygens (including phenoxy) is 1. The molecule has 2 rings (SSSR count). The summed E-state index contributed by atoms with van der Waals surface area (Å²) < 4.78 is 6.23. The van der Waals surface area contributed by atoms with E-state index in [1.165, 1.54) is 11.3 Å². The maximum absolute atomic E-state index is 5.98. The van der Waals surface area contributed by atoms with Crippen molar-refractivity contribution >= 4 is 44.0 Å². The molecule has 0 unspecified atom stereocenters. The summed E-state index contributed by atoms with van der Waals surface area (Å²) in [6.45, 7) is 0. The van der Waals surface area contributed by atoms with Crippen LogP contribution < -0.4 is 10.5 Å². The standard InChI is InChI=1S/C11H10BrClN2OS/c1-16-9-3-2-7(13)4-6(9)5-8-10(12)17-11(14)15-8/h2-4H,5H2,1H3,(H2,14,15). The second-order valence-corrected chi connectivity index (χ2v) is 6.19. The van der Waals surface area contributed by atoms with E-state index in [0.29, 0.717) is 16.6 Å². The smallest absolute Gasteiger partial charge is 0.181 e. The molecular weight excluding hydrogens is 324 g/mol. The molecule has 0 amide bonds. The van der Waals surface area contributed by atoms with Crippen LogP contribution in [0.15, 0.2) is 22.0 Å². The molecule has 6 heteroatoms. The van der Waals surface area contributed by atoms with Crippen LogP contribution in [0, 0.1) is 0 Å². The second-order valence-electron chi connectivity index (χ2n) is 3.41. The fourth-order valence-corrected chi connectivity index (χ4v) is 3.02. The minimum Gasteiger partial charge on any atom is -0.496 e. The first-order chi connectivity index (χ1) is 8.10. The molecule has 2 N–H and O–H groups in total. The van der Waals surface area contributed by atoms with Gasteiger partial charge in [-0.2, -0.15) is 0 Å². The number of methoxy groups -OCH3 is 1. The average molecular weight is 334 g/mol. The summed E-state index contributed by atoms with van der Waals surface area (Å²) in [5.74, 6) is 0.799. The number of nitrogen functional groups attached to an aromatic ring is 1. The summed E-state index contributed by atoms with van der Waals surface area (Å²) in [5, 5.41) is 1.23. The van der Waals surface area contributed by atoms with Crippen LogP contribution in [0.4, 0.5) is 5.13 Å². The number of anilines is 1. The molecule has 0 saturated heterocycles. The van der Waals surface area contributed by atoms with Gasteiger partial charge in [-0.1, -0.05) is 22.9 Å². The van der Waals surface area contributed by atoms with Crippen LogP contribution in [0.25, 0.3) is 0 Å². The van der Waals surface area contributed by atoms with Crippen molar-refractivity contribution in [3.8, 4) is 5.75 Å². The topological polar surface area (TPSA) is 48.1 Å². The molecule has 3 nitrogen and oxygen atoms in total. The SMILES string of the molecule is COc1ccc(Cl)cc1Cc1nc(N)sc1Br. The largest absolute Gasteiger partial charge is 0.496 e. The van der Waals surface area contributed by atoms with Gasteiger partial charge in [-0.05, 0) is 34.1 Å². The Labute approximate surface area is 117 Å². The Balaban J connectivity index is 2.35. The highest BCUT2D eigenvalue weighted by molar-refractivity contribution is 9.11. The van der Waals surface area contributed by atoms with Crippen LogP contribution >= 0.6 is 38.9 Å². The molecule has 1 aromatic heterocycles. The van der Waals surface area contributed by atoms with Crippen LogP contribution in [0.5, 0.6) is 5.75 Å². The van der Waals surface area contributed by atoms with E-state index in [9.17, 15) is 0 Å². The molecule has 17 heavy (non-hydrogen) atoms. The third-order valence-corrected chi connectivity index (χ3v) is 4.16. The molecule has 2 aromatic rings. The van der Waals surface area contributed by atoms with Gasteiger partial charge in [-0.3, -0.25) is 0 Å². The Morgan fingerprint density at radius 3 is 2.88 bits per heavy atom. The molecular formula is C11H10BrClN2OS. The lowest BCUT2D eigenvalue weighted by Gasteiger charge is -2.07. The summed E-state index contributed by atoms with van der Waals surface area (Å²) >= 11 is 10.8. The monoisotopic (exact) mass is 332 g/mol. The maximum Gasteiger partial charge on any atom is 0.181 e. The summed E-state index contributed by atoms with van der Waals surface area (Å²) in [6, 6.07) is 5.53. The molecule has 0 fully saturated rings. The van der Waals surface area contributed by atoms with E-state index in [1.807, 2.05) is 12.1 Å². The zero-order valence-electron chi connectivity index (χ0n) is 9.04. The number of benzene rings is 1. The van der Waals surface area contributed by atoms with Gasteiger partial charge in [0.2, 0.25) is 0 Å². The molecule has 0 bridgehead atoms. The molecule has 90 valence electrons. The van der Waals surface area contributed by atoms with Gasteiger partial charge in [-0.25, -0.2) is 4.98 Å². The Bertz CT molecular complexity index is 544. The van der Waals surface area contributed by atoms with E-state index >= 15 is 0 Å². The number of nitrogens with zero attached hydrogens (tertiary/aromatic N) is 1. The highest BCUT2D eigenvalue weighted by Gasteiger charge is 2.11. The fraction of sp³-hybridized carbons (Fsp3) is 0.182. The zero-order chi connectivity index (χ0) is 12.4. The lowest BCUT2D eigenvalue weighted by molar-refractivity contribution is 0.410. The van der Waals surface area contributed by atoms with Gasteiger partial charge in [0.15, 0.2) is 5.13 Å². The van der Waals surface area contributed by atoms with Gasteiger partial charge in [0.05, 0.1) is 16.6 Å². The second kappa shape index (κ2) is 5.25. The van der Waals surface area contributed by atoms with Crippen molar-refractivity contribution in [1.82, 2.24) is 4.98 Å². The Morgan fingerprint density at radius 1 is 1.53 bits per heavy atom. The number of nitrogens with two attached hydrogens (primary N) is 1. The van der Waals surface area contributed by atoms with Gasteiger partial charge in [0, 0.05) is 17.0 Å². The number of aromatic nitrogens is 1. The summed E-state index contributed by atoms with van der Waals surface area (Å²) in [4.78, 5) is 4.26. The van der Waals surface area contributed by atoms with Crippen LogP contribution in [-0.4, -0.2) is 12.1 Å². The van der Waals surface area contributed by atoms with Crippen molar-refractivity contribution in [2.75, 3.05) is 12.8 Å². The lowest BCUT2D eigenvalue weighted by Crippen LogP contribution is -1.95. The zero-order valence-corrected chi connectivity index (χ0v) is 12.2. The minimum absolute atomic E-state index is 0.549. The lowest BCUT2D eigenvalue weighted by atomic mass is 10.1. The number of hydrogen-bond donors (Lipinski definition) is 1. The number of thiazole rings is 1. The predicted molar refractivity (Wildman–Crippen MR) is 75.0 cm³/mol. The quantitative estimate of drug-likeness (QED) is 0.931. The molecule has 0 saturated carbocycles. The predicted octanol–water partition coefficient (Wildman–Crippen LogP) is 3.74. The van der Waals surface area contributed by atoms with Crippen molar-refractivity contribution < 1.29 is 4.74 Å². The summed E-state index contributed by atoms with van der Waals surface area (Å²) in [5.41, 5.74) is 7.54.